The van der Waals surface area contributed by atoms with Gasteiger partial charge in [0.2, 0.25) is 0 Å². The molecule has 3 heteroatoms. The Morgan fingerprint density at radius 3 is 2.83 bits per heavy atom. The second-order valence-corrected chi connectivity index (χ2v) is 0.945. The molecule has 0 aromatic rings. The van der Waals surface area contributed by atoms with Crippen molar-refractivity contribution >= 4 is 5.97 Å². The number of hydrogen-bond acceptors (Lipinski definition) is 2. The predicted molar refractivity (Wildman–Crippen MR) is 21.3 cm³/mol. The lowest BCUT2D eigenvalue weighted by atomic mass is 10.4. The number of nitrogens with two attached hydrogens (primary N) is 1. The molecule has 0 aliphatic heterocycles. The molecule has 0 unspecified atom stereocenters. The summed E-state index contributed by atoms with van der Waals surface area (Å²) in [6, 6.07) is -1.01. The number of carboxylic acids is 1. The van der Waals surface area contributed by atoms with Gasteiger partial charge in [-0.05, 0) is 6.90 Å². The van der Waals surface area contributed by atoms with Crippen molar-refractivity contribution in [1.29, 1.82) is 0 Å². The molecule has 0 spiro atoms. The van der Waals surface area contributed by atoms with Gasteiger partial charge in [-0.1, -0.05) is 0 Å². The minimum absolute atomic E-state index is 0.255. The van der Waals surface area contributed by atoms with Crippen molar-refractivity contribution in [2.75, 3.05) is 0 Å². The van der Waals surface area contributed by atoms with E-state index in [1.807, 2.05) is 0 Å². The normalized spacial score (nSPS) is 15.8. The van der Waals surface area contributed by atoms with Crippen molar-refractivity contribution in [2.45, 2.75) is 12.9 Å². The highest BCUT2D eigenvalue weighted by molar-refractivity contribution is 5.72. The SMILES string of the molecule is [2H]C[C@H](N)C(=O)O. The summed E-state index contributed by atoms with van der Waals surface area (Å²) in [5, 5.41) is 7.94. The van der Waals surface area contributed by atoms with E-state index in [0.29, 0.717) is 0 Å². The Hall–Kier alpha value is -0.570. The zero-order chi connectivity index (χ0) is 5.86. The fourth-order valence-electron chi connectivity index (χ4n) is 0. The number of carboxylic acid groups (broad SMARTS) is 1. The van der Waals surface area contributed by atoms with Crippen molar-refractivity contribution in [3.63, 3.8) is 0 Å². The van der Waals surface area contributed by atoms with E-state index >= 15 is 0 Å². The molecule has 0 rings (SSSR count). The van der Waals surface area contributed by atoms with E-state index in [1.54, 1.807) is 0 Å². The van der Waals surface area contributed by atoms with Crippen LogP contribution in [0.5, 0.6) is 0 Å². The van der Waals surface area contributed by atoms with Crippen molar-refractivity contribution in [2.24, 2.45) is 5.73 Å². The standard InChI is InChI=1S/C3H7NO2/c1-2(4)3(5)6/h2H,4H2,1H3,(H,5,6)/t2-/m0/s1/i1D. The molecule has 0 aliphatic carbocycles. The number of carbonyl (C=O) groups is 1. The smallest absolute Gasteiger partial charge is 0.320 e. The summed E-state index contributed by atoms with van der Waals surface area (Å²) in [6.07, 6.45) is 0. The van der Waals surface area contributed by atoms with Crippen molar-refractivity contribution < 1.29 is 11.3 Å². The molecular weight excluding hydrogens is 82.0 g/mol. The van der Waals surface area contributed by atoms with Gasteiger partial charge < -0.3 is 10.8 Å². The van der Waals surface area contributed by atoms with Crippen LogP contribution in [0.25, 0.3) is 0 Å². The van der Waals surface area contributed by atoms with Crippen LogP contribution >= 0.6 is 0 Å². The minimum Gasteiger partial charge on any atom is -0.480 e. The third-order valence-corrected chi connectivity index (χ3v) is 0.317. The summed E-state index contributed by atoms with van der Waals surface area (Å²) in [6.45, 7) is -0.255. The molecule has 1 atom stereocenters. The molecule has 0 saturated heterocycles. The number of hydrogen-bond donors (Lipinski definition) is 2. The first-order chi connectivity index (χ1) is 3.18. The Kier molecular flexibility index (Phi) is 1.06. The molecule has 0 radical (unpaired) electrons. The summed E-state index contributed by atoms with van der Waals surface area (Å²) in [5.74, 6) is -1.12. The Balaban J connectivity index is 3.34. The molecule has 6 heavy (non-hydrogen) atoms. The van der Waals surface area contributed by atoms with Gasteiger partial charge >= 0.3 is 5.97 Å². The van der Waals surface area contributed by atoms with Gasteiger partial charge in [-0.2, -0.15) is 0 Å². The minimum atomic E-state index is -1.12. The number of aliphatic carboxylic acids is 1. The lowest BCUT2D eigenvalue weighted by Crippen LogP contribution is -2.25. The first-order valence-corrected chi connectivity index (χ1v) is 1.46. The van der Waals surface area contributed by atoms with Crippen molar-refractivity contribution in [1.82, 2.24) is 0 Å². The molecule has 0 amide bonds. The van der Waals surface area contributed by atoms with Gasteiger partial charge in [0.05, 0.1) is 0 Å². The van der Waals surface area contributed by atoms with Crippen LogP contribution in [-0.2, 0) is 4.79 Å². The number of rotatable bonds is 1. The maximum absolute atomic E-state index is 9.69. The van der Waals surface area contributed by atoms with E-state index in [9.17, 15) is 4.79 Å². The zero-order valence-electron chi connectivity index (χ0n) is 4.22. The van der Waals surface area contributed by atoms with E-state index in [0.717, 1.165) is 0 Å². The van der Waals surface area contributed by atoms with Gasteiger partial charge in [-0.15, -0.1) is 0 Å². The summed E-state index contributed by atoms with van der Waals surface area (Å²) in [4.78, 5) is 9.69. The molecule has 3 N–H and O–H groups in total. The average Bonchev–Trinajstić information content (AvgIpc) is 1.65. The maximum Gasteiger partial charge on any atom is 0.320 e. The second-order valence-electron chi connectivity index (χ2n) is 0.945. The van der Waals surface area contributed by atoms with Crippen LogP contribution in [0.2, 0.25) is 0 Å². The van der Waals surface area contributed by atoms with Crippen LogP contribution in [0.1, 0.15) is 8.27 Å². The highest BCUT2D eigenvalue weighted by atomic mass is 16.4. The monoisotopic (exact) mass is 90.1 g/mol. The van der Waals surface area contributed by atoms with Gasteiger partial charge in [-0.25, -0.2) is 0 Å². The first kappa shape index (κ1) is 3.61. The topological polar surface area (TPSA) is 63.3 Å². The average molecular weight is 90.1 g/mol. The van der Waals surface area contributed by atoms with Crippen molar-refractivity contribution in [3.05, 3.63) is 0 Å². The second kappa shape index (κ2) is 1.77. The first-order valence-electron chi connectivity index (χ1n) is 2.17. The summed E-state index contributed by atoms with van der Waals surface area (Å²) in [5.41, 5.74) is 4.83. The van der Waals surface area contributed by atoms with E-state index < -0.39 is 12.0 Å². The Morgan fingerprint density at radius 1 is 2.33 bits per heavy atom. The Morgan fingerprint density at radius 2 is 2.83 bits per heavy atom. The highest BCUT2D eigenvalue weighted by Crippen LogP contribution is 1.68. The molecule has 0 heterocycles. The molecule has 3 nitrogen and oxygen atoms in total. The molecule has 0 fully saturated rings. The quantitative estimate of drug-likeness (QED) is 0.452. The van der Waals surface area contributed by atoms with Gasteiger partial charge in [0, 0.05) is 1.37 Å². The van der Waals surface area contributed by atoms with Crippen LogP contribution in [0.4, 0.5) is 0 Å². The molecule has 0 aliphatic rings. The van der Waals surface area contributed by atoms with Crippen LogP contribution in [0.3, 0.4) is 0 Å². The maximum atomic E-state index is 9.69. The predicted octanol–water partition coefficient (Wildman–Crippen LogP) is -0.582. The Labute approximate surface area is 37.2 Å². The molecule has 0 aromatic heterocycles. The molecule has 0 saturated carbocycles. The molecule has 0 aromatic carbocycles. The van der Waals surface area contributed by atoms with Gasteiger partial charge in [0.1, 0.15) is 6.04 Å². The third-order valence-electron chi connectivity index (χ3n) is 0.317. The van der Waals surface area contributed by atoms with Crippen LogP contribution in [0.15, 0.2) is 0 Å². The lowest BCUT2D eigenvalue weighted by molar-refractivity contribution is -0.138. The summed E-state index contributed by atoms with van der Waals surface area (Å²) >= 11 is 0. The summed E-state index contributed by atoms with van der Waals surface area (Å²) in [7, 11) is 0. The van der Waals surface area contributed by atoms with Crippen LogP contribution in [0, 0.1) is 0 Å². The van der Waals surface area contributed by atoms with Crippen LogP contribution < -0.4 is 5.73 Å². The van der Waals surface area contributed by atoms with E-state index in [2.05, 4.69) is 0 Å². The molecule has 36 valence electrons. The van der Waals surface area contributed by atoms with Gasteiger partial charge in [0.15, 0.2) is 0 Å². The van der Waals surface area contributed by atoms with E-state index in [-0.39, 0.29) is 6.90 Å². The van der Waals surface area contributed by atoms with E-state index in [1.165, 1.54) is 0 Å². The summed E-state index contributed by atoms with van der Waals surface area (Å²) < 4.78 is 6.43. The Bertz CT molecular complexity index is 75.3. The third kappa shape index (κ3) is 1.72. The fraction of sp³-hybridized carbons (Fsp3) is 0.667. The molecular formula is C3H7NO2. The molecule has 0 bridgehead atoms. The zero-order valence-corrected chi connectivity index (χ0v) is 3.22. The van der Waals surface area contributed by atoms with E-state index in [4.69, 9.17) is 12.2 Å². The highest BCUT2D eigenvalue weighted by Gasteiger charge is 1.99. The van der Waals surface area contributed by atoms with Crippen molar-refractivity contribution in [3.8, 4) is 0 Å². The van der Waals surface area contributed by atoms with Gasteiger partial charge in [0.25, 0.3) is 0 Å². The van der Waals surface area contributed by atoms with Gasteiger partial charge in [-0.3, -0.25) is 4.79 Å². The lowest BCUT2D eigenvalue weighted by Gasteiger charge is -1.90. The fourth-order valence-corrected chi connectivity index (χ4v) is 0. The van der Waals surface area contributed by atoms with Crippen LogP contribution in [-0.4, -0.2) is 17.1 Å². The largest absolute Gasteiger partial charge is 0.480 e.